The summed E-state index contributed by atoms with van der Waals surface area (Å²) in [4.78, 5) is 11.2. The molecule has 0 saturated heterocycles. The Morgan fingerprint density at radius 3 is 3.00 bits per heavy atom. The molecule has 2 atom stereocenters. The zero-order valence-corrected chi connectivity index (χ0v) is 7.95. The van der Waals surface area contributed by atoms with Crippen LogP contribution < -0.4 is 0 Å². The van der Waals surface area contributed by atoms with Gasteiger partial charge in [-0.3, -0.25) is 4.79 Å². The van der Waals surface area contributed by atoms with Gasteiger partial charge in [-0.2, -0.15) is 0 Å². The third-order valence-electron chi connectivity index (χ3n) is 2.92. The van der Waals surface area contributed by atoms with Crippen LogP contribution in [0.3, 0.4) is 0 Å². The number of ether oxygens (including phenoxy) is 1. The molecule has 0 amide bonds. The molecule has 1 N–H and O–H groups in total. The minimum Gasteiger partial charge on any atom is -0.481 e. The summed E-state index contributed by atoms with van der Waals surface area (Å²) in [6, 6.07) is 0. The molecule has 0 aromatic carbocycles. The van der Waals surface area contributed by atoms with Crippen molar-refractivity contribution < 1.29 is 14.6 Å². The van der Waals surface area contributed by atoms with E-state index >= 15 is 0 Å². The number of carbonyl (C=O) groups is 1. The first-order chi connectivity index (χ1) is 6.17. The van der Waals surface area contributed by atoms with Crippen molar-refractivity contribution in [2.24, 2.45) is 5.41 Å². The molecule has 1 aliphatic carbocycles. The molecular weight excluding hydrogens is 168 g/mol. The second kappa shape index (κ2) is 3.92. The standard InChI is InChI=1S/C10H16O3/c1-3-6-10(9(11)12)7-4-5-8(10)13-2/h3,8H,1,4-7H2,2H3,(H,11,12)/t8-,10-/m0/s1. The van der Waals surface area contributed by atoms with Crippen LogP contribution in [-0.2, 0) is 9.53 Å². The summed E-state index contributed by atoms with van der Waals surface area (Å²) >= 11 is 0. The van der Waals surface area contributed by atoms with Gasteiger partial charge in [-0.25, -0.2) is 0 Å². The average Bonchev–Trinajstić information content (AvgIpc) is 2.49. The number of carboxylic acid groups (broad SMARTS) is 1. The zero-order chi connectivity index (χ0) is 9.90. The van der Waals surface area contributed by atoms with Crippen LogP contribution >= 0.6 is 0 Å². The molecule has 0 heterocycles. The first kappa shape index (κ1) is 10.3. The zero-order valence-electron chi connectivity index (χ0n) is 7.95. The lowest BCUT2D eigenvalue weighted by Gasteiger charge is -2.28. The SMILES string of the molecule is C=CC[C@]1(C(=O)O)CCC[C@@H]1OC. The third-order valence-corrected chi connectivity index (χ3v) is 2.92. The molecule has 0 aromatic rings. The van der Waals surface area contributed by atoms with E-state index in [-0.39, 0.29) is 6.10 Å². The van der Waals surface area contributed by atoms with Gasteiger partial charge < -0.3 is 9.84 Å². The molecule has 1 aliphatic rings. The fourth-order valence-corrected chi connectivity index (χ4v) is 2.21. The molecule has 3 heteroatoms. The average molecular weight is 184 g/mol. The first-order valence-electron chi connectivity index (χ1n) is 4.54. The van der Waals surface area contributed by atoms with E-state index in [9.17, 15) is 4.79 Å². The van der Waals surface area contributed by atoms with Crippen molar-refractivity contribution in [3.8, 4) is 0 Å². The Morgan fingerprint density at radius 1 is 1.85 bits per heavy atom. The van der Waals surface area contributed by atoms with E-state index in [1.807, 2.05) is 0 Å². The van der Waals surface area contributed by atoms with Crippen LogP contribution in [0.4, 0.5) is 0 Å². The van der Waals surface area contributed by atoms with Gasteiger partial charge in [0.15, 0.2) is 0 Å². The summed E-state index contributed by atoms with van der Waals surface area (Å²) in [7, 11) is 1.58. The van der Waals surface area contributed by atoms with Crippen LogP contribution in [0.25, 0.3) is 0 Å². The Kier molecular flexibility index (Phi) is 3.09. The fourth-order valence-electron chi connectivity index (χ4n) is 2.21. The molecule has 0 unspecified atom stereocenters. The molecule has 13 heavy (non-hydrogen) atoms. The van der Waals surface area contributed by atoms with E-state index < -0.39 is 11.4 Å². The highest BCUT2D eigenvalue weighted by molar-refractivity contribution is 5.76. The Labute approximate surface area is 78.4 Å². The predicted molar refractivity (Wildman–Crippen MR) is 49.5 cm³/mol. The highest BCUT2D eigenvalue weighted by Crippen LogP contribution is 2.43. The lowest BCUT2D eigenvalue weighted by atomic mass is 9.81. The molecule has 0 aliphatic heterocycles. The van der Waals surface area contributed by atoms with Gasteiger partial charge >= 0.3 is 5.97 Å². The molecule has 0 aromatic heterocycles. The largest absolute Gasteiger partial charge is 0.481 e. The normalized spacial score (nSPS) is 33.2. The Hall–Kier alpha value is -0.830. The minimum atomic E-state index is -0.753. The van der Waals surface area contributed by atoms with Crippen molar-refractivity contribution in [2.75, 3.05) is 7.11 Å². The van der Waals surface area contributed by atoms with Gasteiger partial charge in [-0.1, -0.05) is 6.08 Å². The van der Waals surface area contributed by atoms with Crippen LogP contribution in [0, 0.1) is 5.41 Å². The number of carboxylic acids is 1. The van der Waals surface area contributed by atoms with E-state index in [1.165, 1.54) is 0 Å². The van der Waals surface area contributed by atoms with Crippen LogP contribution in [0.5, 0.6) is 0 Å². The summed E-state index contributed by atoms with van der Waals surface area (Å²) < 4.78 is 5.21. The van der Waals surface area contributed by atoms with Gasteiger partial charge in [0.2, 0.25) is 0 Å². The van der Waals surface area contributed by atoms with Gasteiger partial charge in [0, 0.05) is 7.11 Å². The maximum atomic E-state index is 11.2. The molecule has 74 valence electrons. The summed E-state index contributed by atoms with van der Waals surface area (Å²) in [5, 5.41) is 9.17. The molecular formula is C10H16O3. The summed E-state index contributed by atoms with van der Waals surface area (Å²) in [5.74, 6) is -0.753. The summed E-state index contributed by atoms with van der Waals surface area (Å²) in [6.07, 6.45) is 4.50. The van der Waals surface area contributed by atoms with Crippen molar-refractivity contribution >= 4 is 5.97 Å². The van der Waals surface area contributed by atoms with E-state index in [1.54, 1.807) is 13.2 Å². The van der Waals surface area contributed by atoms with Crippen LogP contribution in [0.2, 0.25) is 0 Å². The molecule has 0 radical (unpaired) electrons. The molecule has 1 saturated carbocycles. The van der Waals surface area contributed by atoms with Crippen molar-refractivity contribution in [2.45, 2.75) is 31.8 Å². The lowest BCUT2D eigenvalue weighted by molar-refractivity contribution is -0.155. The minimum absolute atomic E-state index is 0.150. The molecule has 1 rings (SSSR count). The number of methoxy groups -OCH3 is 1. The van der Waals surface area contributed by atoms with Crippen LogP contribution in [0.15, 0.2) is 12.7 Å². The maximum absolute atomic E-state index is 11.2. The van der Waals surface area contributed by atoms with Crippen molar-refractivity contribution in [3.63, 3.8) is 0 Å². The Morgan fingerprint density at radius 2 is 2.54 bits per heavy atom. The number of aliphatic carboxylic acids is 1. The highest BCUT2D eigenvalue weighted by Gasteiger charge is 2.48. The number of hydrogen-bond donors (Lipinski definition) is 1. The van der Waals surface area contributed by atoms with E-state index in [0.717, 1.165) is 12.8 Å². The van der Waals surface area contributed by atoms with Crippen LogP contribution in [0.1, 0.15) is 25.7 Å². The predicted octanol–water partition coefficient (Wildman–Crippen LogP) is 1.83. The van der Waals surface area contributed by atoms with E-state index in [2.05, 4.69) is 6.58 Å². The molecule has 0 bridgehead atoms. The van der Waals surface area contributed by atoms with E-state index in [4.69, 9.17) is 9.84 Å². The Balaban J connectivity index is 2.87. The van der Waals surface area contributed by atoms with Crippen LogP contribution in [-0.4, -0.2) is 24.3 Å². The molecule has 0 spiro atoms. The summed E-state index contributed by atoms with van der Waals surface area (Å²) in [5.41, 5.74) is -0.712. The number of rotatable bonds is 4. The first-order valence-corrected chi connectivity index (χ1v) is 4.54. The third kappa shape index (κ3) is 1.61. The molecule has 3 nitrogen and oxygen atoms in total. The topological polar surface area (TPSA) is 46.5 Å². The Bertz CT molecular complexity index is 212. The second-order valence-corrected chi connectivity index (χ2v) is 3.57. The summed E-state index contributed by atoms with van der Waals surface area (Å²) in [6.45, 7) is 3.60. The van der Waals surface area contributed by atoms with Crippen molar-refractivity contribution in [3.05, 3.63) is 12.7 Å². The van der Waals surface area contributed by atoms with Gasteiger partial charge in [0.05, 0.1) is 11.5 Å². The van der Waals surface area contributed by atoms with Crippen molar-refractivity contribution in [1.29, 1.82) is 0 Å². The van der Waals surface area contributed by atoms with E-state index in [0.29, 0.717) is 12.8 Å². The fraction of sp³-hybridized carbons (Fsp3) is 0.700. The maximum Gasteiger partial charge on any atom is 0.312 e. The monoisotopic (exact) mass is 184 g/mol. The molecule has 1 fully saturated rings. The quantitative estimate of drug-likeness (QED) is 0.678. The number of allylic oxidation sites excluding steroid dienone is 1. The second-order valence-electron chi connectivity index (χ2n) is 3.57. The highest BCUT2D eigenvalue weighted by atomic mass is 16.5. The lowest BCUT2D eigenvalue weighted by Crippen LogP contribution is -2.38. The van der Waals surface area contributed by atoms with Gasteiger partial charge in [0.1, 0.15) is 0 Å². The smallest absolute Gasteiger partial charge is 0.312 e. The van der Waals surface area contributed by atoms with Crippen molar-refractivity contribution in [1.82, 2.24) is 0 Å². The van der Waals surface area contributed by atoms with Gasteiger partial charge in [-0.05, 0) is 25.7 Å². The van der Waals surface area contributed by atoms with Gasteiger partial charge in [0.25, 0.3) is 0 Å². The van der Waals surface area contributed by atoms with Gasteiger partial charge in [-0.15, -0.1) is 6.58 Å². The number of hydrogen-bond acceptors (Lipinski definition) is 2.